The normalized spacial score (nSPS) is 15.6. The Morgan fingerprint density at radius 2 is 1.13 bits per heavy atom. The first-order chi connectivity index (χ1) is 14.1. The lowest BCUT2D eigenvalue weighted by molar-refractivity contribution is -0.173. The summed E-state index contributed by atoms with van der Waals surface area (Å²) in [5, 5.41) is 28.7. The lowest BCUT2D eigenvalue weighted by Gasteiger charge is -2.27. The molecule has 0 spiro atoms. The van der Waals surface area contributed by atoms with E-state index in [1.54, 1.807) is 0 Å². The third kappa shape index (κ3) is 11.0. The van der Waals surface area contributed by atoms with Crippen LogP contribution in [0.2, 0.25) is 0 Å². The Morgan fingerprint density at radius 3 is 1.60 bits per heavy atom. The number of aliphatic hydroxyl groups is 2. The summed E-state index contributed by atoms with van der Waals surface area (Å²) < 4.78 is 0. The maximum absolute atomic E-state index is 12.1. The second-order valence-corrected chi connectivity index (χ2v) is 8.54. The molecule has 6 nitrogen and oxygen atoms in total. The van der Waals surface area contributed by atoms with E-state index in [1.165, 1.54) is 38.5 Å². The van der Waals surface area contributed by atoms with Crippen LogP contribution in [0.5, 0.6) is 0 Å². The lowest BCUT2D eigenvalue weighted by Crippen LogP contribution is -2.57. The molecule has 0 fully saturated rings. The fourth-order valence-corrected chi connectivity index (χ4v) is 3.30. The number of unbranched alkanes of at least 4 members (excludes halogenated alkanes) is 11. The van der Waals surface area contributed by atoms with Crippen molar-refractivity contribution in [1.29, 1.82) is 0 Å². The zero-order valence-corrected chi connectivity index (χ0v) is 19.1. The van der Waals surface area contributed by atoms with E-state index in [9.17, 15) is 24.6 Å². The second kappa shape index (κ2) is 15.3. The number of allylic oxidation sites excluding steroid dienone is 2. The molecule has 0 rings (SSSR count). The number of carbonyl (C=O) groups excluding carboxylic acids is 2. The molecule has 0 saturated heterocycles. The Bertz CT molecular complexity index is 548. The molecule has 2 atom stereocenters. The van der Waals surface area contributed by atoms with Crippen molar-refractivity contribution in [2.24, 2.45) is 0 Å². The number of hydrogen-bond acceptors (Lipinski definition) is 5. The van der Waals surface area contributed by atoms with Gasteiger partial charge >= 0.3 is 5.97 Å². The molecule has 0 saturated carbocycles. The minimum Gasteiger partial charge on any atom is -0.479 e. The maximum atomic E-state index is 12.1. The molecule has 6 heteroatoms. The van der Waals surface area contributed by atoms with Gasteiger partial charge in [0, 0.05) is 6.42 Å². The zero-order valence-electron chi connectivity index (χ0n) is 19.1. The van der Waals surface area contributed by atoms with Crippen LogP contribution in [0.1, 0.15) is 111 Å². The minimum atomic E-state index is -2.79. The Kier molecular flexibility index (Phi) is 14.5. The van der Waals surface area contributed by atoms with Crippen molar-refractivity contribution in [3.05, 3.63) is 12.2 Å². The zero-order chi connectivity index (χ0) is 23.0. The summed E-state index contributed by atoms with van der Waals surface area (Å²) in [7, 11) is 0. The molecular formula is C24H42O6. The molecule has 0 aliphatic carbocycles. The van der Waals surface area contributed by atoms with Crippen LogP contribution < -0.4 is 0 Å². The third-order valence-electron chi connectivity index (χ3n) is 5.51. The maximum Gasteiger partial charge on any atom is 0.343 e. The Balaban J connectivity index is 3.84. The Hall–Kier alpha value is -1.53. The SMILES string of the molecule is CCCCCCCC/C=C\CCCCCCCC(=O)C(C)(O)C(=O)C(C)(O)C(=O)O. The second-order valence-electron chi connectivity index (χ2n) is 8.54. The van der Waals surface area contributed by atoms with E-state index in [2.05, 4.69) is 19.1 Å². The van der Waals surface area contributed by atoms with E-state index in [0.29, 0.717) is 6.42 Å². The van der Waals surface area contributed by atoms with Crippen LogP contribution >= 0.6 is 0 Å². The van der Waals surface area contributed by atoms with Crippen LogP contribution in [-0.2, 0) is 14.4 Å². The molecule has 3 N–H and O–H groups in total. The van der Waals surface area contributed by atoms with Gasteiger partial charge < -0.3 is 15.3 Å². The highest BCUT2D eigenvalue weighted by Gasteiger charge is 2.51. The fraction of sp³-hybridized carbons (Fsp3) is 0.792. The molecule has 0 aliphatic heterocycles. The van der Waals surface area contributed by atoms with Gasteiger partial charge in [-0.3, -0.25) is 9.59 Å². The Labute approximate surface area is 181 Å². The van der Waals surface area contributed by atoms with Crippen LogP contribution in [0.25, 0.3) is 0 Å². The number of carboxylic acid groups (broad SMARTS) is 1. The summed E-state index contributed by atoms with van der Waals surface area (Å²) in [6.07, 6.45) is 19.0. The average Bonchev–Trinajstić information content (AvgIpc) is 2.69. The van der Waals surface area contributed by atoms with Gasteiger partial charge in [0.15, 0.2) is 11.4 Å². The molecule has 30 heavy (non-hydrogen) atoms. The van der Waals surface area contributed by atoms with Gasteiger partial charge in [-0.15, -0.1) is 0 Å². The molecule has 0 amide bonds. The van der Waals surface area contributed by atoms with Crippen LogP contribution in [-0.4, -0.2) is 44.1 Å². The molecule has 0 aromatic carbocycles. The quantitative estimate of drug-likeness (QED) is 0.156. The largest absolute Gasteiger partial charge is 0.479 e. The summed E-state index contributed by atoms with van der Waals surface area (Å²) in [6.45, 7) is 3.94. The molecule has 174 valence electrons. The van der Waals surface area contributed by atoms with Gasteiger partial charge in [0.05, 0.1) is 0 Å². The molecule has 2 unspecified atom stereocenters. The van der Waals surface area contributed by atoms with Crippen LogP contribution in [0.15, 0.2) is 12.2 Å². The third-order valence-corrected chi connectivity index (χ3v) is 5.51. The molecule has 0 aliphatic rings. The minimum absolute atomic E-state index is 0.0212. The van der Waals surface area contributed by atoms with Gasteiger partial charge in [0.2, 0.25) is 11.4 Å². The van der Waals surface area contributed by atoms with Crippen molar-refractivity contribution in [1.82, 2.24) is 0 Å². The van der Waals surface area contributed by atoms with Gasteiger partial charge in [-0.05, 0) is 46.0 Å². The van der Waals surface area contributed by atoms with Gasteiger partial charge in [0.1, 0.15) is 0 Å². The highest BCUT2D eigenvalue weighted by molar-refractivity contribution is 6.19. The monoisotopic (exact) mass is 426 g/mol. The molecule has 0 heterocycles. The van der Waals surface area contributed by atoms with Crippen molar-refractivity contribution < 1.29 is 29.7 Å². The van der Waals surface area contributed by atoms with Crippen molar-refractivity contribution >= 4 is 17.5 Å². The summed E-state index contributed by atoms with van der Waals surface area (Å²) in [5.41, 5.74) is -5.29. The number of ketones is 2. The highest BCUT2D eigenvalue weighted by Crippen LogP contribution is 2.20. The molecule has 0 bridgehead atoms. The van der Waals surface area contributed by atoms with Crippen molar-refractivity contribution in [2.45, 2.75) is 122 Å². The number of Topliss-reactive ketones (excluding diaryl/α,β-unsaturated/α-hetero) is 2. The number of aliphatic carboxylic acids is 1. The predicted octanol–water partition coefficient (Wildman–Crippen LogP) is 4.75. The fourth-order valence-electron chi connectivity index (χ4n) is 3.30. The lowest BCUT2D eigenvalue weighted by atomic mass is 9.83. The first-order valence-electron chi connectivity index (χ1n) is 11.5. The van der Waals surface area contributed by atoms with Gasteiger partial charge in [0.25, 0.3) is 0 Å². The van der Waals surface area contributed by atoms with Gasteiger partial charge in [-0.1, -0.05) is 70.4 Å². The first-order valence-corrected chi connectivity index (χ1v) is 11.5. The number of carbonyl (C=O) groups is 3. The van der Waals surface area contributed by atoms with Crippen molar-refractivity contribution in [3.63, 3.8) is 0 Å². The van der Waals surface area contributed by atoms with Crippen LogP contribution in [0, 0.1) is 0 Å². The summed E-state index contributed by atoms with van der Waals surface area (Å²) in [4.78, 5) is 35.1. The summed E-state index contributed by atoms with van der Waals surface area (Å²) in [6, 6.07) is 0. The van der Waals surface area contributed by atoms with E-state index in [0.717, 1.165) is 52.4 Å². The van der Waals surface area contributed by atoms with Crippen molar-refractivity contribution in [2.75, 3.05) is 0 Å². The molecule has 0 aromatic heterocycles. The molecule has 0 aromatic rings. The van der Waals surface area contributed by atoms with Gasteiger partial charge in [-0.2, -0.15) is 0 Å². The van der Waals surface area contributed by atoms with Crippen molar-refractivity contribution in [3.8, 4) is 0 Å². The number of carboxylic acids is 1. The average molecular weight is 427 g/mol. The summed E-state index contributed by atoms with van der Waals surface area (Å²) >= 11 is 0. The van der Waals surface area contributed by atoms with E-state index in [1.807, 2.05) is 0 Å². The van der Waals surface area contributed by atoms with E-state index in [-0.39, 0.29) is 6.42 Å². The molecular weight excluding hydrogens is 384 g/mol. The number of hydrogen-bond donors (Lipinski definition) is 3. The van der Waals surface area contributed by atoms with Crippen LogP contribution in [0.4, 0.5) is 0 Å². The predicted molar refractivity (Wildman–Crippen MR) is 118 cm³/mol. The summed E-state index contributed by atoms with van der Waals surface area (Å²) in [5.74, 6) is -3.95. The van der Waals surface area contributed by atoms with Crippen LogP contribution in [0.3, 0.4) is 0 Å². The topological polar surface area (TPSA) is 112 Å². The Morgan fingerprint density at radius 1 is 0.700 bits per heavy atom. The van der Waals surface area contributed by atoms with Gasteiger partial charge in [-0.25, -0.2) is 4.79 Å². The van der Waals surface area contributed by atoms with E-state index < -0.39 is 28.7 Å². The highest BCUT2D eigenvalue weighted by atomic mass is 16.4. The standard InChI is InChI=1S/C24H42O6/c1-4-5-6-7-8-9-10-11-12-13-14-15-16-17-18-19-20(25)23(2,29)21(26)24(3,30)22(27)28/h11-12,29-30H,4-10,13-19H2,1-3H3,(H,27,28)/b12-11-. The van der Waals surface area contributed by atoms with E-state index in [4.69, 9.17) is 5.11 Å². The molecule has 0 radical (unpaired) electrons. The van der Waals surface area contributed by atoms with E-state index >= 15 is 0 Å². The first kappa shape index (κ1) is 28.5. The smallest absolute Gasteiger partial charge is 0.343 e. The number of rotatable bonds is 19.